The van der Waals surface area contributed by atoms with Crippen LogP contribution in [0, 0.1) is 0 Å². The van der Waals surface area contributed by atoms with Gasteiger partial charge in [0.1, 0.15) is 0 Å². The smallest absolute Gasteiger partial charge is 0.0781 e. The molecule has 0 N–H and O–H groups in total. The predicted octanol–water partition coefficient (Wildman–Crippen LogP) is 3.33. The number of hydrogen-bond donors (Lipinski definition) is 0. The molecule has 1 aliphatic heterocycles. The quantitative estimate of drug-likeness (QED) is 0.828. The Bertz CT molecular complexity index is 358. The van der Waals surface area contributed by atoms with Crippen LogP contribution in [-0.2, 0) is 4.74 Å². The van der Waals surface area contributed by atoms with E-state index >= 15 is 0 Å². The van der Waals surface area contributed by atoms with Crippen LogP contribution in [0.1, 0.15) is 6.42 Å². The maximum absolute atomic E-state index is 6.23. The van der Waals surface area contributed by atoms with Gasteiger partial charge in [-0.15, -0.1) is 0 Å². The summed E-state index contributed by atoms with van der Waals surface area (Å²) in [5, 5.41) is 0.786. The van der Waals surface area contributed by atoms with Crippen molar-refractivity contribution in [1.29, 1.82) is 0 Å². The SMILES string of the molecule is CO[C@H]1CCN(c2cccc(Br)c2Cl)C1. The van der Waals surface area contributed by atoms with Crippen molar-refractivity contribution in [3.63, 3.8) is 0 Å². The zero-order valence-corrected chi connectivity index (χ0v) is 10.9. The molecule has 82 valence electrons. The van der Waals surface area contributed by atoms with Gasteiger partial charge in [0.15, 0.2) is 0 Å². The van der Waals surface area contributed by atoms with E-state index in [4.69, 9.17) is 16.3 Å². The number of rotatable bonds is 2. The first kappa shape index (κ1) is 11.2. The van der Waals surface area contributed by atoms with Crippen LogP contribution in [0.4, 0.5) is 5.69 Å². The minimum Gasteiger partial charge on any atom is -0.380 e. The fourth-order valence-corrected chi connectivity index (χ4v) is 2.48. The van der Waals surface area contributed by atoms with E-state index in [1.165, 1.54) is 0 Å². The molecule has 0 amide bonds. The van der Waals surface area contributed by atoms with Crippen molar-refractivity contribution in [1.82, 2.24) is 0 Å². The first-order valence-electron chi connectivity index (χ1n) is 4.94. The van der Waals surface area contributed by atoms with E-state index in [0.29, 0.717) is 6.10 Å². The molecule has 1 fully saturated rings. The normalized spacial score (nSPS) is 21.0. The van der Waals surface area contributed by atoms with Crippen molar-refractivity contribution >= 4 is 33.2 Å². The molecule has 1 saturated heterocycles. The van der Waals surface area contributed by atoms with Gasteiger partial charge in [-0.05, 0) is 34.5 Å². The van der Waals surface area contributed by atoms with Crippen LogP contribution in [-0.4, -0.2) is 26.3 Å². The summed E-state index contributed by atoms with van der Waals surface area (Å²) in [5.41, 5.74) is 1.09. The second kappa shape index (κ2) is 4.73. The van der Waals surface area contributed by atoms with Gasteiger partial charge in [-0.2, -0.15) is 0 Å². The Balaban J connectivity index is 2.20. The van der Waals surface area contributed by atoms with Gasteiger partial charge in [0, 0.05) is 24.7 Å². The number of hydrogen-bond acceptors (Lipinski definition) is 2. The van der Waals surface area contributed by atoms with Crippen molar-refractivity contribution in [3.05, 3.63) is 27.7 Å². The number of benzene rings is 1. The summed E-state index contributed by atoms with van der Waals surface area (Å²) >= 11 is 9.67. The van der Waals surface area contributed by atoms with Crippen LogP contribution in [0.3, 0.4) is 0 Å². The summed E-state index contributed by atoms with van der Waals surface area (Å²) in [6, 6.07) is 6.01. The molecule has 1 heterocycles. The van der Waals surface area contributed by atoms with Crippen LogP contribution < -0.4 is 4.90 Å². The highest BCUT2D eigenvalue weighted by atomic mass is 79.9. The molecule has 0 spiro atoms. The van der Waals surface area contributed by atoms with Crippen LogP contribution in [0.15, 0.2) is 22.7 Å². The number of anilines is 1. The fraction of sp³-hybridized carbons (Fsp3) is 0.455. The molecule has 1 aromatic rings. The van der Waals surface area contributed by atoms with Crippen LogP contribution >= 0.6 is 27.5 Å². The summed E-state index contributed by atoms with van der Waals surface area (Å²) in [6.07, 6.45) is 1.40. The van der Waals surface area contributed by atoms with Crippen molar-refractivity contribution in [2.24, 2.45) is 0 Å². The number of methoxy groups -OCH3 is 1. The minimum atomic E-state index is 0.333. The predicted molar refractivity (Wildman–Crippen MR) is 66.8 cm³/mol. The number of nitrogens with zero attached hydrogens (tertiary/aromatic N) is 1. The molecule has 1 atom stereocenters. The Morgan fingerprint density at radius 1 is 1.53 bits per heavy atom. The summed E-state index contributed by atoms with van der Waals surface area (Å²) in [4.78, 5) is 2.27. The Hall–Kier alpha value is -0.250. The average molecular weight is 291 g/mol. The molecule has 0 aliphatic carbocycles. The Labute approximate surface area is 103 Å². The first-order valence-corrected chi connectivity index (χ1v) is 6.11. The zero-order chi connectivity index (χ0) is 10.8. The molecular formula is C11H13BrClNO. The van der Waals surface area contributed by atoms with E-state index < -0.39 is 0 Å². The van der Waals surface area contributed by atoms with Crippen molar-refractivity contribution < 1.29 is 4.74 Å². The minimum absolute atomic E-state index is 0.333. The Kier molecular flexibility index (Phi) is 3.54. The van der Waals surface area contributed by atoms with E-state index in [0.717, 1.165) is 34.7 Å². The highest BCUT2D eigenvalue weighted by molar-refractivity contribution is 9.10. The van der Waals surface area contributed by atoms with Crippen LogP contribution in [0.2, 0.25) is 5.02 Å². The topological polar surface area (TPSA) is 12.5 Å². The second-order valence-electron chi connectivity index (χ2n) is 3.67. The van der Waals surface area contributed by atoms with E-state index in [2.05, 4.69) is 20.8 Å². The molecule has 0 aromatic heterocycles. The maximum Gasteiger partial charge on any atom is 0.0781 e. The number of halogens is 2. The highest BCUT2D eigenvalue weighted by Gasteiger charge is 2.23. The molecule has 15 heavy (non-hydrogen) atoms. The van der Waals surface area contributed by atoms with Crippen LogP contribution in [0.25, 0.3) is 0 Å². The number of ether oxygens (including phenoxy) is 1. The van der Waals surface area contributed by atoms with E-state index in [1.807, 2.05) is 18.2 Å². The van der Waals surface area contributed by atoms with Gasteiger partial charge in [-0.3, -0.25) is 0 Å². The lowest BCUT2D eigenvalue weighted by atomic mass is 10.3. The second-order valence-corrected chi connectivity index (χ2v) is 4.90. The summed E-state index contributed by atoms with van der Waals surface area (Å²) in [5.74, 6) is 0. The fourth-order valence-electron chi connectivity index (χ4n) is 1.88. The Morgan fingerprint density at radius 3 is 3.00 bits per heavy atom. The summed E-state index contributed by atoms with van der Waals surface area (Å²) in [6.45, 7) is 1.93. The molecule has 2 nitrogen and oxygen atoms in total. The van der Waals surface area contributed by atoms with Gasteiger partial charge in [-0.25, -0.2) is 0 Å². The lowest BCUT2D eigenvalue weighted by molar-refractivity contribution is 0.121. The molecule has 0 bridgehead atoms. The van der Waals surface area contributed by atoms with E-state index in [9.17, 15) is 0 Å². The molecule has 0 radical (unpaired) electrons. The molecule has 0 saturated carbocycles. The molecule has 0 unspecified atom stereocenters. The third-order valence-electron chi connectivity index (χ3n) is 2.75. The van der Waals surface area contributed by atoms with Crippen molar-refractivity contribution in [2.75, 3.05) is 25.1 Å². The van der Waals surface area contributed by atoms with E-state index in [1.54, 1.807) is 7.11 Å². The van der Waals surface area contributed by atoms with Gasteiger partial charge in [-0.1, -0.05) is 17.7 Å². The van der Waals surface area contributed by atoms with E-state index in [-0.39, 0.29) is 0 Å². The molecule has 1 aromatic carbocycles. The largest absolute Gasteiger partial charge is 0.380 e. The average Bonchev–Trinajstić information content (AvgIpc) is 2.70. The Morgan fingerprint density at radius 2 is 2.33 bits per heavy atom. The van der Waals surface area contributed by atoms with Gasteiger partial charge in [0.05, 0.1) is 16.8 Å². The molecule has 4 heteroatoms. The molecular weight excluding hydrogens is 277 g/mol. The monoisotopic (exact) mass is 289 g/mol. The maximum atomic E-state index is 6.23. The zero-order valence-electron chi connectivity index (χ0n) is 8.54. The van der Waals surface area contributed by atoms with Gasteiger partial charge in [0.2, 0.25) is 0 Å². The van der Waals surface area contributed by atoms with Crippen LogP contribution in [0.5, 0.6) is 0 Å². The first-order chi connectivity index (χ1) is 7.22. The molecule has 2 rings (SSSR count). The lowest BCUT2D eigenvalue weighted by Gasteiger charge is -2.20. The standard InChI is InChI=1S/C11H13BrClNO/c1-15-8-5-6-14(7-8)10-4-2-3-9(12)11(10)13/h2-4,8H,5-7H2,1H3/t8-/m0/s1. The summed E-state index contributed by atoms with van der Waals surface area (Å²) in [7, 11) is 1.76. The van der Waals surface area contributed by atoms with Crippen molar-refractivity contribution in [2.45, 2.75) is 12.5 Å². The van der Waals surface area contributed by atoms with Gasteiger partial charge >= 0.3 is 0 Å². The molecule has 1 aliphatic rings. The highest BCUT2D eigenvalue weighted by Crippen LogP contribution is 2.34. The van der Waals surface area contributed by atoms with Gasteiger partial charge < -0.3 is 9.64 Å². The van der Waals surface area contributed by atoms with Crippen molar-refractivity contribution in [3.8, 4) is 0 Å². The lowest BCUT2D eigenvalue weighted by Crippen LogP contribution is -2.22. The van der Waals surface area contributed by atoms with Gasteiger partial charge in [0.25, 0.3) is 0 Å². The third-order valence-corrected chi connectivity index (χ3v) is 4.04. The third kappa shape index (κ3) is 2.30. The summed E-state index contributed by atoms with van der Waals surface area (Å²) < 4.78 is 6.28.